The van der Waals surface area contributed by atoms with Crippen molar-refractivity contribution in [1.82, 2.24) is 40.0 Å². The molecule has 4 heterocycles. The number of thioether (sulfide) groups is 2. The Bertz CT molecular complexity index is 2410. The van der Waals surface area contributed by atoms with Crippen LogP contribution in [0.3, 0.4) is 0 Å². The Hall–Kier alpha value is -6.76. The van der Waals surface area contributed by atoms with Crippen LogP contribution >= 0.6 is 23.5 Å². The first-order chi connectivity index (χ1) is 28.0. The number of nitrogens with two attached hydrogens (primary N) is 2. The summed E-state index contributed by atoms with van der Waals surface area (Å²) in [6, 6.07) is 6.73. The van der Waals surface area contributed by atoms with Crippen molar-refractivity contribution < 1.29 is 54.0 Å². The third-order valence-corrected chi connectivity index (χ3v) is 11.3. The van der Waals surface area contributed by atoms with E-state index in [1.54, 1.807) is 0 Å². The highest BCUT2D eigenvalue weighted by Crippen LogP contribution is 2.44. The Balaban J connectivity index is 1.31. The highest BCUT2D eigenvalue weighted by Gasteiger charge is 2.59. The van der Waals surface area contributed by atoms with Crippen LogP contribution in [0.25, 0.3) is 11.4 Å². The number of hydrogen-bond donors (Lipinski definition) is 6. The number of benzene rings is 2. The molecule has 0 aliphatic carbocycles. The van der Waals surface area contributed by atoms with E-state index >= 15 is 0 Å². The zero-order chi connectivity index (χ0) is 42.9. The van der Waals surface area contributed by atoms with E-state index in [-0.39, 0.29) is 50.6 Å². The molecule has 2 aromatic heterocycles. The molecule has 8 N–H and O–H groups in total. The topological polar surface area (TPSA) is 332 Å². The fourth-order valence-corrected chi connectivity index (χ4v) is 8.52. The van der Waals surface area contributed by atoms with Gasteiger partial charge in [0.1, 0.15) is 41.0 Å². The number of fused-ring (bicyclic) bond motifs is 1. The number of aromatic nitrogens is 6. The van der Waals surface area contributed by atoms with Crippen LogP contribution in [-0.4, -0.2) is 131 Å². The number of rotatable bonds is 13. The molecular formula is C35H33N11O11S2. The molecule has 6 rings (SSSR count). The average molecular weight is 848 g/mol. The number of carbonyl (C=O) groups excluding carboxylic acids is 5. The van der Waals surface area contributed by atoms with E-state index in [1.807, 2.05) is 0 Å². The van der Waals surface area contributed by atoms with Crippen LogP contribution in [0, 0.1) is 0 Å². The Morgan fingerprint density at radius 1 is 1.00 bits per heavy atom. The van der Waals surface area contributed by atoms with E-state index in [1.165, 1.54) is 62.4 Å². The number of phenols is 1. The molecule has 24 heteroatoms. The van der Waals surface area contributed by atoms with Crippen molar-refractivity contribution in [3.63, 3.8) is 0 Å². The van der Waals surface area contributed by atoms with Gasteiger partial charge in [0.2, 0.25) is 22.9 Å². The molecule has 0 bridgehead atoms. The molecule has 2 unspecified atom stereocenters. The van der Waals surface area contributed by atoms with E-state index < -0.39 is 88.7 Å². The number of carboxylic acids is 2. The van der Waals surface area contributed by atoms with E-state index in [9.17, 15) is 48.9 Å². The zero-order valence-corrected chi connectivity index (χ0v) is 32.4. The number of nitrogens with zero attached hydrogens (tertiary/aromatic N) is 9. The van der Waals surface area contributed by atoms with Gasteiger partial charge in [0.25, 0.3) is 17.7 Å². The number of imide groups is 2. The summed E-state index contributed by atoms with van der Waals surface area (Å²) < 4.78 is 1.00. The van der Waals surface area contributed by atoms with Crippen molar-refractivity contribution in [2.45, 2.75) is 49.0 Å². The van der Waals surface area contributed by atoms with Gasteiger partial charge in [-0.1, -0.05) is 23.9 Å². The van der Waals surface area contributed by atoms with Crippen molar-refractivity contribution in [3.8, 4) is 23.0 Å². The van der Waals surface area contributed by atoms with Crippen LogP contribution in [0.4, 0.5) is 5.69 Å². The van der Waals surface area contributed by atoms with Crippen molar-refractivity contribution in [3.05, 3.63) is 77.1 Å². The van der Waals surface area contributed by atoms with Gasteiger partial charge in [-0.15, -0.1) is 16.9 Å². The minimum absolute atomic E-state index is 0.00819. The molecule has 5 amide bonds. The van der Waals surface area contributed by atoms with Gasteiger partial charge in [0.15, 0.2) is 5.82 Å². The highest BCUT2D eigenvalue weighted by molar-refractivity contribution is 8.01. The minimum atomic E-state index is -1.62. The SMILES string of the molecule is CC(=O)N(C(=O)[C@@H](C)N)c1ccc(-c2ncc(C(=O)N(C(=O)C(N)c3ccc(O)cc3)C3C(=O)N4C(C(=O)O)=C(CSc5nnnn5CC(=O)O)CS[C@@H]34)c(O)n2)cc1. The summed E-state index contributed by atoms with van der Waals surface area (Å²) in [5.74, 6) is -8.45. The first-order valence-corrected chi connectivity index (χ1v) is 19.2. The van der Waals surface area contributed by atoms with E-state index in [0.29, 0.717) is 4.90 Å². The lowest BCUT2D eigenvalue weighted by Crippen LogP contribution is -2.72. The fourth-order valence-electron chi connectivity index (χ4n) is 6.12. The molecule has 4 atom stereocenters. The van der Waals surface area contributed by atoms with E-state index in [0.717, 1.165) is 44.2 Å². The second-order valence-corrected chi connectivity index (χ2v) is 15.0. The van der Waals surface area contributed by atoms with Gasteiger partial charge in [-0.3, -0.25) is 38.6 Å². The molecule has 0 radical (unpaired) electrons. The maximum absolute atomic E-state index is 14.3. The lowest BCUT2D eigenvalue weighted by atomic mass is 9.98. The maximum atomic E-state index is 14.3. The van der Waals surface area contributed by atoms with Crippen LogP contribution < -0.4 is 16.4 Å². The molecule has 2 aromatic carbocycles. The second-order valence-electron chi connectivity index (χ2n) is 13.0. The third-order valence-electron chi connectivity index (χ3n) is 8.94. The predicted molar refractivity (Wildman–Crippen MR) is 205 cm³/mol. The second kappa shape index (κ2) is 17.0. The molecule has 22 nitrogen and oxygen atoms in total. The first-order valence-electron chi connectivity index (χ1n) is 17.2. The largest absolute Gasteiger partial charge is 0.508 e. The Kier molecular flexibility index (Phi) is 12.1. The maximum Gasteiger partial charge on any atom is 0.352 e. The van der Waals surface area contributed by atoms with Crippen LogP contribution in [0.2, 0.25) is 0 Å². The quantitative estimate of drug-likeness (QED) is 0.0758. The standard InChI is InChI=1S/C35H33N11O11S2/c1-15(36)29(52)44(16(2)47)20-7-3-18(4-8-20)27-38-11-22(28(51)39-27)30(53)45(31(54)24(37)17-5-9-21(48)10-6-17)26-32(55)46-25(34(56)57)19(13-58-33(26)46)14-59-35-40-41-42-43(35)12-23(49)50/h3-11,15,24,26,33,48H,12-14,36-37H2,1-2H3,(H,49,50)(H,56,57)(H,38,39,51)/t15-,24?,26?,33+/m1/s1. The highest BCUT2D eigenvalue weighted by atomic mass is 32.2. The Labute approximate surface area is 340 Å². The zero-order valence-electron chi connectivity index (χ0n) is 30.8. The summed E-state index contributed by atoms with van der Waals surface area (Å²) in [5.41, 5.74) is 11.8. The van der Waals surface area contributed by atoms with Crippen molar-refractivity contribution in [2.24, 2.45) is 11.5 Å². The van der Waals surface area contributed by atoms with Gasteiger partial charge in [-0.25, -0.2) is 19.4 Å². The molecule has 2 aliphatic heterocycles. The lowest BCUT2D eigenvalue weighted by molar-refractivity contribution is -0.157. The molecule has 59 heavy (non-hydrogen) atoms. The summed E-state index contributed by atoms with van der Waals surface area (Å²) in [6.45, 7) is 2.07. The van der Waals surface area contributed by atoms with Crippen LogP contribution in [0.1, 0.15) is 35.8 Å². The smallest absolute Gasteiger partial charge is 0.352 e. The van der Waals surface area contributed by atoms with Crippen LogP contribution in [0.15, 0.2) is 71.2 Å². The summed E-state index contributed by atoms with van der Waals surface area (Å²) in [4.78, 5) is 102. The summed E-state index contributed by atoms with van der Waals surface area (Å²) in [5, 5.41) is 50.1. The number of hydrogen-bond acceptors (Lipinski definition) is 18. The van der Waals surface area contributed by atoms with Crippen molar-refractivity contribution in [2.75, 3.05) is 16.4 Å². The summed E-state index contributed by atoms with van der Waals surface area (Å²) in [6.07, 6.45) is 0.923. The number of anilines is 1. The van der Waals surface area contributed by atoms with Gasteiger partial charge in [0.05, 0.1) is 11.7 Å². The number of aromatic hydroxyl groups is 2. The third kappa shape index (κ3) is 8.31. The fraction of sp³-hybridized carbons (Fsp3) is 0.257. The summed E-state index contributed by atoms with van der Waals surface area (Å²) >= 11 is 1.97. The number of tetrazole rings is 1. The van der Waals surface area contributed by atoms with E-state index in [2.05, 4.69) is 25.5 Å². The molecule has 4 aromatic rings. The monoisotopic (exact) mass is 847 g/mol. The molecular weight excluding hydrogens is 815 g/mol. The van der Waals surface area contributed by atoms with Gasteiger partial charge < -0.3 is 31.9 Å². The Morgan fingerprint density at radius 2 is 1.68 bits per heavy atom. The molecule has 0 saturated carbocycles. The molecule has 1 saturated heterocycles. The number of amides is 5. The van der Waals surface area contributed by atoms with Crippen LogP contribution in [0.5, 0.6) is 11.6 Å². The number of carbonyl (C=O) groups is 7. The van der Waals surface area contributed by atoms with Gasteiger partial charge in [-0.2, -0.15) is 4.98 Å². The number of aliphatic carboxylic acids is 2. The van der Waals surface area contributed by atoms with Crippen molar-refractivity contribution in [1.29, 1.82) is 0 Å². The van der Waals surface area contributed by atoms with Gasteiger partial charge in [0, 0.05) is 30.2 Å². The summed E-state index contributed by atoms with van der Waals surface area (Å²) in [7, 11) is 0. The number of β-lactam (4-membered cyclic amide) rings is 1. The average Bonchev–Trinajstić information content (AvgIpc) is 3.64. The van der Waals surface area contributed by atoms with Gasteiger partial charge in [-0.05, 0) is 64.9 Å². The number of carboxylic acid groups (broad SMARTS) is 2. The first kappa shape index (κ1) is 41.9. The molecule has 1 fully saturated rings. The molecule has 2 aliphatic rings. The Morgan fingerprint density at radius 3 is 2.27 bits per heavy atom. The minimum Gasteiger partial charge on any atom is -0.508 e. The lowest BCUT2D eigenvalue weighted by Gasteiger charge is -2.52. The normalized spacial score (nSPS) is 17.0. The van der Waals surface area contributed by atoms with Crippen LogP contribution in [-0.2, 0) is 35.3 Å². The number of phenolic OH excluding ortho intramolecular Hbond substituents is 1. The molecule has 0 spiro atoms. The van der Waals surface area contributed by atoms with Gasteiger partial charge >= 0.3 is 11.9 Å². The molecule has 306 valence electrons. The van der Waals surface area contributed by atoms with E-state index in [4.69, 9.17) is 16.6 Å². The predicted octanol–water partition coefficient (Wildman–Crippen LogP) is -0.0639. The van der Waals surface area contributed by atoms with Crippen molar-refractivity contribution >= 4 is 70.7 Å².